The Morgan fingerprint density at radius 1 is 0.647 bits per heavy atom. The summed E-state index contributed by atoms with van der Waals surface area (Å²) in [5.41, 5.74) is 6.30. The molecule has 2 aromatic heterocycles. The molecule has 34 heavy (non-hydrogen) atoms. The van der Waals surface area contributed by atoms with E-state index in [0.717, 1.165) is 18.5 Å². The number of rotatable bonds is 5. The predicted octanol–water partition coefficient (Wildman–Crippen LogP) is 9.84. The Hall–Kier alpha value is -3.49. The molecular formula is C32H27NS. The van der Waals surface area contributed by atoms with E-state index < -0.39 is 0 Å². The molecule has 166 valence electrons. The average Bonchev–Trinajstić information content (AvgIpc) is 3.28. The molecule has 0 N–H and O–H groups in total. The molecule has 0 saturated heterocycles. The number of pyridine rings is 1. The van der Waals surface area contributed by atoms with Gasteiger partial charge in [-0.1, -0.05) is 92.7 Å². The van der Waals surface area contributed by atoms with Crippen molar-refractivity contribution in [2.45, 2.75) is 32.6 Å². The van der Waals surface area contributed by atoms with Crippen molar-refractivity contribution in [3.05, 3.63) is 103 Å². The smallest absolute Gasteiger partial charge is 0.0719 e. The summed E-state index contributed by atoms with van der Waals surface area (Å²) in [5.74, 6) is 0.585. The number of benzene rings is 4. The molecule has 0 atom stereocenters. The van der Waals surface area contributed by atoms with Gasteiger partial charge in [-0.25, -0.2) is 0 Å². The Balaban J connectivity index is 1.59. The van der Waals surface area contributed by atoms with Gasteiger partial charge in [-0.05, 0) is 52.8 Å². The molecule has 0 aliphatic carbocycles. The van der Waals surface area contributed by atoms with E-state index in [-0.39, 0.29) is 0 Å². The second-order valence-corrected chi connectivity index (χ2v) is 10.0. The van der Waals surface area contributed by atoms with E-state index in [0.29, 0.717) is 5.92 Å². The van der Waals surface area contributed by atoms with Crippen LogP contribution in [0.15, 0.2) is 97.2 Å². The second-order valence-electron chi connectivity index (χ2n) is 8.98. The van der Waals surface area contributed by atoms with Gasteiger partial charge in [-0.2, -0.15) is 0 Å². The molecule has 0 aliphatic heterocycles. The van der Waals surface area contributed by atoms with Crippen LogP contribution in [-0.4, -0.2) is 4.98 Å². The van der Waals surface area contributed by atoms with E-state index >= 15 is 0 Å². The van der Waals surface area contributed by atoms with Crippen LogP contribution in [0.2, 0.25) is 0 Å². The number of hydrogen-bond donors (Lipinski definition) is 0. The average molecular weight is 458 g/mol. The number of fused-ring (bicyclic) bond motifs is 4. The van der Waals surface area contributed by atoms with E-state index in [9.17, 15) is 0 Å². The first-order valence-corrected chi connectivity index (χ1v) is 13.0. The lowest BCUT2D eigenvalue weighted by Gasteiger charge is -2.13. The summed E-state index contributed by atoms with van der Waals surface area (Å²) in [6.07, 6.45) is 4.29. The van der Waals surface area contributed by atoms with Crippen molar-refractivity contribution in [3.63, 3.8) is 0 Å². The minimum absolute atomic E-state index is 0.585. The summed E-state index contributed by atoms with van der Waals surface area (Å²) in [6, 6.07) is 33.2. The largest absolute Gasteiger partial charge is 0.256 e. The van der Waals surface area contributed by atoms with Crippen LogP contribution in [0.5, 0.6) is 0 Å². The second kappa shape index (κ2) is 8.70. The molecule has 0 radical (unpaired) electrons. The van der Waals surface area contributed by atoms with Crippen molar-refractivity contribution in [2.75, 3.05) is 0 Å². The van der Waals surface area contributed by atoms with Crippen LogP contribution in [-0.2, 0) is 0 Å². The highest BCUT2D eigenvalue weighted by Crippen LogP contribution is 2.44. The van der Waals surface area contributed by atoms with Gasteiger partial charge in [-0.3, -0.25) is 4.98 Å². The summed E-state index contributed by atoms with van der Waals surface area (Å²) in [6.45, 7) is 4.55. The van der Waals surface area contributed by atoms with Gasteiger partial charge in [0.05, 0.1) is 5.69 Å². The number of hydrogen-bond acceptors (Lipinski definition) is 2. The van der Waals surface area contributed by atoms with Crippen LogP contribution in [0.1, 0.15) is 38.2 Å². The molecule has 0 amide bonds. The van der Waals surface area contributed by atoms with Gasteiger partial charge in [0.1, 0.15) is 0 Å². The van der Waals surface area contributed by atoms with Crippen LogP contribution in [0, 0.1) is 0 Å². The lowest BCUT2D eigenvalue weighted by Crippen LogP contribution is -1.96. The van der Waals surface area contributed by atoms with E-state index in [2.05, 4.69) is 105 Å². The Labute approximate surface area is 204 Å². The zero-order chi connectivity index (χ0) is 23.1. The molecule has 0 saturated carbocycles. The van der Waals surface area contributed by atoms with Gasteiger partial charge in [0, 0.05) is 37.5 Å². The van der Waals surface area contributed by atoms with Crippen LogP contribution in [0.25, 0.3) is 53.3 Å². The van der Waals surface area contributed by atoms with Crippen molar-refractivity contribution in [1.29, 1.82) is 0 Å². The normalized spacial score (nSPS) is 11.7. The first-order valence-electron chi connectivity index (χ1n) is 12.2. The van der Waals surface area contributed by atoms with Crippen molar-refractivity contribution in [3.8, 4) is 22.4 Å². The number of thiophene rings is 1. The predicted molar refractivity (Wildman–Crippen MR) is 149 cm³/mol. The van der Waals surface area contributed by atoms with E-state index in [1.165, 1.54) is 53.2 Å². The lowest BCUT2D eigenvalue weighted by atomic mass is 9.93. The van der Waals surface area contributed by atoms with Gasteiger partial charge in [0.2, 0.25) is 0 Å². The zero-order valence-corrected chi connectivity index (χ0v) is 20.4. The van der Waals surface area contributed by atoms with E-state index in [4.69, 9.17) is 4.98 Å². The van der Waals surface area contributed by atoms with Crippen molar-refractivity contribution < 1.29 is 0 Å². The fourth-order valence-corrected chi connectivity index (χ4v) is 6.65. The molecule has 1 nitrogen and oxygen atoms in total. The van der Waals surface area contributed by atoms with Gasteiger partial charge >= 0.3 is 0 Å². The Bertz CT molecular complexity index is 1630. The monoisotopic (exact) mass is 457 g/mol. The maximum atomic E-state index is 4.81. The number of nitrogens with zero attached hydrogens (tertiary/aromatic N) is 1. The maximum Gasteiger partial charge on any atom is 0.0719 e. The number of aromatic nitrogens is 1. The Morgan fingerprint density at radius 2 is 1.26 bits per heavy atom. The molecule has 0 bridgehead atoms. The molecule has 0 aliphatic rings. The Kier molecular flexibility index (Phi) is 5.39. The highest BCUT2D eigenvalue weighted by atomic mass is 32.1. The summed E-state index contributed by atoms with van der Waals surface area (Å²) in [4.78, 5) is 4.81. The van der Waals surface area contributed by atoms with Crippen molar-refractivity contribution >= 4 is 42.3 Å². The summed E-state index contributed by atoms with van der Waals surface area (Å²) < 4.78 is 2.66. The lowest BCUT2D eigenvalue weighted by molar-refractivity contribution is 0.641. The quantitative estimate of drug-likeness (QED) is 0.251. The fourth-order valence-electron chi connectivity index (χ4n) is 5.30. The topological polar surface area (TPSA) is 12.9 Å². The molecule has 4 aromatic carbocycles. The minimum Gasteiger partial charge on any atom is -0.256 e. The van der Waals surface area contributed by atoms with E-state index in [1.54, 1.807) is 0 Å². The first-order chi connectivity index (χ1) is 16.8. The van der Waals surface area contributed by atoms with Crippen molar-refractivity contribution in [2.24, 2.45) is 0 Å². The highest BCUT2D eigenvalue weighted by molar-refractivity contribution is 7.26. The molecule has 2 heteroatoms. The third-order valence-corrected chi connectivity index (χ3v) is 8.41. The van der Waals surface area contributed by atoms with Gasteiger partial charge < -0.3 is 0 Å². The maximum absolute atomic E-state index is 4.81. The molecule has 2 heterocycles. The molecule has 0 unspecified atom stereocenters. The van der Waals surface area contributed by atoms with E-state index in [1.807, 2.05) is 17.5 Å². The molecular weight excluding hydrogens is 430 g/mol. The Morgan fingerprint density at radius 3 is 2.06 bits per heavy atom. The summed E-state index contributed by atoms with van der Waals surface area (Å²) >= 11 is 1.90. The zero-order valence-electron chi connectivity index (χ0n) is 19.6. The molecule has 0 spiro atoms. The third kappa shape index (κ3) is 3.41. The van der Waals surface area contributed by atoms with Gasteiger partial charge in [0.25, 0.3) is 0 Å². The van der Waals surface area contributed by atoms with Crippen LogP contribution >= 0.6 is 11.3 Å². The summed E-state index contributed by atoms with van der Waals surface area (Å²) in [7, 11) is 0. The third-order valence-electron chi connectivity index (χ3n) is 7.12. The molecule has 0 fully saturated rings. The van der Waals surface area contributed by atoms with Crippen LogP contribution in [0.4, 0.5) is 0 Å². The standard InChI is InChI=1S/C32H27NS/c1-3-21(4-2)23-18-19-33-30(20-23)29-17-9-16-28-27-15-8-14-26(31(27)34-32(28)29)25-13-7-11-22-10-5-6-12-24(22)25/h5-21H,3-4H2,1-2H3. The first kappa shape index (κ1) is 21.1. The minimum atomic E-state index is 0.585. The summed E-state index contributed by atoms with van der Waals surface area (Å²) in [5, 5.41) is 5.22. The molecule has 6 rings (SSSR count). The van der Waals surface area contributed by atoms with Crippen LogP contribution in [0.3, 0.4) is 0 Å². The SMILES string of the molecule is CCC(CC)c1ccnc(-c2cccc3c2sc2c(-c4cccc5ccccc45)cccc23)c1. The van der Waals surface area contributed by atoms with Gasteiger partial charge in [-0.15, -0.1) is 11.3 Å². The van der Waals surface area contributed by atoms with Crippen LogP contribution < -0.4 is 0 Å². The molecule has 6 aromatic rings. The highest BCUT2D eigenvalue weighted by Gasteiger charge is 2.16. The fraction of sp³-hybridized carbons (Fsp3) is 0.156. The van der Waals surface area contributed by atoms with Crippen molar-refractivity contribution in [1.82, 2.24) is 4.98 Å². The van der Waals surface area contributed by atoms with Gasteiger partial charge in [0.15, 0.2) is 0 Å².